The highest BCUT2D eigenvalue weighted by Crippen LogP contribution is 2.34. The van der Waals surface area contributed by atoms with E-state index in [9.17, 15) is 14.4 Å². The van der Waals surface area contributed by atoms with E-state index >= 15 is 0 Å². The summed E-state index contributed by atoms with van der Waals surface area (Å²) in [4.78, 5) is 40.3. The minimum absolute atomic E-state index is 0.294. The number of ether oxygens (including phenoxy) is 2. The Morgan fingerprint density at radius 2 is 1.83 bits per heavy atom. The molecular formula is C22H22N2O5. The molecular weight excluding hydrogens is 372 g/mol. The van der Waals surface area contributed by atoms with Crippen molar-refractivity contribution in [3.8, 4) is 11.5 Å². The van der Waals surface area contributed by atoms with Gasteiger partial charge < -0.3 is 14.4 Å². The summed E-state index contributed by atoms with van der Waals surface area (Å²) < 4.78 is 10.6. The van der Waals surface area contributed by atoms with Gasteiger partial charge in [-0.15, -0.1) is 0 Å². The highest BCUT2D eigenvalue weighted by Gasteiger charge is 2.49. The molecule has 0 spiro atoms. The van der Waals surface area contributed by atoms with Crippen molar-refractivity contribution in [2.24, 2.45) is 5.92 Å². The van der Waals surface area contributed by atoms with Crippen LogP contribution in [0, 0.1) is 12.8 Å². The van der Waals surface area contributed by atoms with Crippen LogP contribution in [0.15, 0.2) is 48.5 Å². The van der Waals surface area contributed by atoms with Crippen LogP contribution in [-0.2, 0) is 14.3 Å². The predicted octanol–water partition coefficient (Wildman–Crippen LogP) is 3.51. The lowest BCUT2D eigenvalue weighted by Gasteiger charge is -2.30. The normalized spacial score (nSPS) is 21.2. The second-order valence-corrected chi connectivity index (χ2v) is 7.32. The van der Waals surface area contributed by atoms with Gasteiger partial charge in [0.25, 0.3) is 5.91 Å². The minimum Gasteiger partial charge on any atom is -0.469 e. The first-order valence-electron chi connectivity index (χ1n) is 9.55. The number of piperidine rings is 1. The number of fused-ring (bicyclic) bond motifs is 1. The molecule has 2 heterocycles. The number of urea groups is 1. The number of hydrogen-bond donors (Lipinski definition) is 0. The van der Waals surface area contributed by atoms with Crippen molar-refractivity contribution in [2.75, 3.05) is 18.6 Å². The average molecular weight is 394 g/mol. The minimum atomic E-state index is -0.622. The van der Waals surface area contributed by atoms with Crippen molar-refractivity contribution in [2.45, 2.75) is 25.8 Å². The zero-order valence-corrected chi connectivity index (χ0v) is 16.3. The summed E-state index contributed by atoms with van der Waals surface area (Å²) >= 11 is 0. The summed E-state index contributed by atoms with van der Waals surface area (Å²) in [5.74, 6) is 0.332. The van der Waals surface area contributed by atoms with Crippen molar-refractivity contribution in [3.63, 3.8) is 0 Å². The molecule has 0 aromatic heterocycles. The average Bonchev–Trinajstić information content (AvgIpc) is 2.98. The first-order chi connectivity index (χ1) is 14.0. The molecule has 4 rings (SSSR count). The lowest BCUT2D eigenvalue weighted by molar-refractivity contribution is -0.147. The molecule has 2 fully saturated rings. The summed E-state index contributed by atoms with van der Waals surface area (Å²) in [6.45, 7) is 2.35. The molecule has 0 radical (unpaired) electrons. The fraction of sp³-hybridized carbons (Fsp3) is 0.318. The Labute approximate surface area is 168 Å². The molecule has 29 heavy (non-hydrogen) atoms. The van der Waals surface area contributed by atoms with E-state index in [1.807, 2.05) is 31.2 Å². The maximum Gasteiger partial charge on any atom is 0.332 e. The third kappa shape index (κ3) is 3.55. The monoisotopic (exact) mass is 394 g/mol. The van der Waals surface area contributed by atoms with Gasteiger partial charge in [-0.25, -0.2) is 9.69 Å². The third-order valence-corrected chi connectivity index (χ3v) is 5.40. The number of aryl methyl sites for hydroxylation is 1. The predicted molar refractivity (Wildman–Crippen MR) is 106 cm³/mol. The highest BCUT2D eigenvalue weighted by molar-refractivity contribution is 6.21. The Balaban J connectivity index is 1.50. The van der Waals surface area contributed by atoms with Crippen LogP contribution < -0.4 is 9.64 Å². The quantitative estimate of drug-likeness (QED) is 0.586. The van der Waals surface area contributed by atoms with Gasteiger partial charge >= 0.3 is 12.0 Å². The maximum absolute atomic E-state index is 12.9. The summed E-state index contributed by atoms with van der Waals surface area (Å²) in [6.07, 6.45) is 0.793. The van der Waals surface area contributed by atoms with Crippen LogP contribution in [0.25, 0.3) is 0 Å². The van der Waals surface area contributed by atoms with Crippen LogP contribution >= 0.6 is 0 Å². The van der Waals surface area contributed by atoms with E-state index in [0.717, 1.165) is 11.3 Å². The van der Waals surface area contributed by atoms with Gasteiger partial charge in [-0.3, -0.25) is 9.59 Å². The first kappa shape index (κ1) is 19.0. The van der Waals surface area contributed by atoms with Crippen LogP contribution in [0.4, 0.5) is 10.5 Å². The number of amides is 3. The van der Waals surface area contributed by atoms with Gasteiger partial charge in [0, 0.05) is 6.54 Å². The fourth-order valence-electron chi connectivity index (χ4n) is 3.90. The molecule has 150 valence electrons. The van der Waals surface area contributed by atoms with Gasteiger partial charge in [0.15, 0.2) is 0 Å². The van der Waals surface area contributed by atoms with Gasteiger partial charge in [0.05, 0.1) is 18.7 Å². The van der Waals surface area contributed by atoms with Crippen LogP contribution in [0.3, 0.4) is 0 Å². The van der Waals surface area contributed by atoms with Crippen LogP contribution in [0.2, 0.25) is 0 Å². The van der Waals surface area contributed by atoms with Crippen molar-refractivity contribution in [1.29, 1.82) is 0 Å². The van der Waals surface area contributed by atoms with Gasteiger partial charge in [0.2, 0.25) is 0 Å². The SMILES string of the molecule is COC(=O)C1CCN2C(=O)N(c3ccc(Oc4cccc(C)c4)cc3)C(=O)C2C1. The van der Waals surface area contributed by atoms with E-state index in [0.29, 0.717) is 30.8 Å². The molecule has 0 bridgehead atoms. The molecule has 2 saturated heterocycles. The van der Waals surface area contributed by atoms with E-state index in [2.05, 4.69) is 0 Å². The molecule has 3 amide bonds. The summed E-state index contributed by atoms with van der Waals surface area (Å²) in [6, 6.07) is 13.6. The number of imide groups is 1. The standard InChI is InChI=1S/C22H22N2O5/c1-14-4-3-5-18(12-14)29-17-8-6-16(7-9-17)24-20(25)19-13-15(21(26)28-2)10-11-23(19)22(24)27/h3-9,12,15,19H,10-11,13H2,1-2H3. The number of benzene rings is 2. The lowest BCUT2D eigenvalue weighted by Crippen LogP contribution is -2.44. The molecule has 0 aliphatic carbocycles. The number of carbonyl (C=O) groups excluding carboxylic acids is 3. The summed E-state index contributed by atoms with van der Waals surface area (Å²) in [7, 11) is 1.34. The Morgan fingerprint density at radius 1 is 1.07 bits per heavy atom. The third-order valence-electron chi connectivity index (χ3n) is 5.40. The summed E-state index contributed by atoms with van der Waals surface area (Å²) in [5.41, 5.74) is 1.58. The van der Waals surface area contributed by atoms with Crippen molar-refractivity contribution >= 4 is 23.6 Å². The van der Waals surface area contributed by atoms with Gasteiger partial charge in [-0.05, 0) is 61.7 Å². The number of methoxy groups -OCH3 is 1. The van der Waals surface area contributed by atoms with Gasteiger partial charge in [-0.2, -0.15) is 0 Å². The first-order valence-corrected chi connectivity index (χ1v) is 9.55. The number of rotatable bonds is 4. The summed E-state index contributed by atoms with van der Waals surface area (Å²) in [5, 5.41) is 0. The van der Waals surface area contributed by atoms with Crippen molar-refractivity contribution < 1.29 is 23.9 Å². The molecule has 7 heteroatoms. The van der Waals surface area contributed by atoms with Crippen molar-refractivity contribution in [3.05, 3.63) is 54.1 Å². The topological polar surface area (TPSA) is 76.2 Å². The second-order valence-electron chi connectivity index (χ2n) is 7.32. The molecule has 2 aromatic carbocycles. The zero-order chi connectivity index (χ0) is 20.5. The molecule has 2 aliphatic heterocycles. The Hall–Kier alpha value is -3.35. The largest absolute Gasteiger partial charge is 0.469 e. The number of esters is 1. The highest BCUT2D eigenvalue weighted by atomic mass is 16.5. The molecule has 2 unspecified atom stereocenters. The Morgan fingerprint density at radius 3 is 2.52 bits per heavy atom. The smallest absolute Gasteiger partial charge is 0.332 e. The Kier molecular flexibility index (Phi) is 4.96. The zero-order valence-electron chi connectivity index (χ0n) is 16.3. The Bertz CT molecular complexity index is 956. The van der Waals surface area contributed by atoms with Gasteiger partial charge in [-0.1, -0.05) is 12.1 Å². The van der Waals surface area contributed by atoms with E-state index in [1.165, 1.54) is 12.0 Å². The van der Waals surface area contributed by atoms with E-state index in [1.54, 1.807) is 29.2 Å². The fourth-order valence-corrected chi connectivity index (χ4v) is 3.90. The molecule has 2 aliphatic rings. The van der Waals surface area contributed by atoms with Crippen molar-refractivity contribution in [1.82, 2.24) is 4.90 Å². The van der Waals surface area contributed by atoms with E-state index < -0.39 is 6.04 Å². The number of carbonyl (C=O) groups is 3. The molecule has 0 saturated carbocycles. The van der Waals surface area contributed by atoms with Gasteiger partial charge in [0.1, 0.15) is 17.5 Å². The number of anilines is 1. The van der Waals surface area contributed by atoms with Crippen LogP contribution in [0.5, 0.6) is 11.5 Å². The number of hydrogen-bond acceptors (Lipinski definition) is 5. The molecule has 2 atom stereocenters. The lowest BCUT2D eigenvalue weighted by atomic mass is 9.91. The second kappa shape index (κ2) is 7.58. The molecule has 7 nitrogen and oxygen atoms in total. The van der Waals surface area contributed by atoms with E-state index in [4.69, 9.17) is 9.47 Å². The number of nitrogens with zero attached hydrogens (tertiary/aromatic N) is 2. The molecule has 0 N–H and O–H groups in total. The van der Waals surface area contributed by atoms with Crippen LogP contribution in [0.1, 0.15) is 18.4 Å². The van der Waals surface area contributed by atoms with E-state index in [-0.39, 0.29) is 23.8 Å². The van der Waals surface area contributed by atoms with Crippen LogP contribution in [-0.4, -0.2) is 42.5 Å². The maximum atomic E-state index is 12.9. The molecule has 2 aromatic rings.